The molecule has 1 atom stereocenters. The fourth-order valence-electron chi connectivity index (χ4n) is 2.28. The predicted octanol–water partition coefficient (Wildman–Crippen LogP) is 0.162. The molecular weight excluding hydrogens is 270 g/mol. The molecule has 0 aliphatic carbocycles. The lowest BCUT2D eigenvalue weighted by atomic mass is 10.2. The minimum absolute atomic E-state index is 0.0752. The summed E-state index contributed by atoms with van der Waals surface area (Å²) in [6, 6.07) is 5.08. The monoisotopic (exact) mass is 285 g/mol. The Morgan fingerprint density at radius 2 is 2.33 bits per heavy atom. The van der Waals surface area contributed by atoms with E-state index in [4.69, 9.17) is 0 Å². The van der Waals surface area contributed by atoms with Crippen molar-refractivity contribution in [3.8, 4) is 5.82 Å². The van der Waals surface area contributed by atoms with Crippen LogP contribution < -0.4 is 10.6 Å². The molecule has 108 valence electrons. The summed E-state index contributed by atoms with van der Waals surface area (Å²) in [5.74, 6) is 0.433. The van der Waals surface area contributed by atoms with Gasteiger partial charge in [0, 0.05) is 37.1 Å². The largest absolute Gasteiger partial charge is 0.350 e. The number of rotatable bonds is 4. The maximum Gasteiger partial charge on any atom is 0.242 e. The number of amides is 2. The van der Waals surface area contributed by atoms with Crippen LogP contribution in [0.5, 0.6) is 0 Å². The van der Waals surface area contributed by atoms with Gasteiger partial charge in [-0.15, -0.1) is 0 Å². The third kappa shape index (κ3) is 2.91. The van der Waals surface area contributed by atoms with E-state index in [2.05, 4.69) is 20.7 Å². The standard InChI is InChI=1S/C14H15N5O2/c20-12-5-4-11(18-12)14(21)16-9-10-3-1-6-15-13(10)19-8-2-7-17-19/h1-3,6-8,11H,4-5,9H2,(H,16,21)(H,18,20)/t11-/m1/s1. The molecule has 2 aromatic rings. The third-order valence-electron chi connectivity index (χ3n) is 3.35. The molecular formula is C14H15N5O2. The maximum atomic E-state index is 12.0. The van der Waals surface area contributed by atoms with Crippen molar-refractivity contribution < 1.29 is 9.59 Å². The normalized spacial score (nSPS) is 17.5. The second-order valence-electron chi connectivity index (χ2n) is 4.81. The predicted molar refractivity (Wildman–Crippen MR) is 74.4 cm³/mol. The van der Waals surface area contributed by atoms with Gasteiger partial charge in [-0.2, -0.15) is 5.10 Å². The third-order valence-corrected chi connectivity index (χ3v) is 3.35. The molecule has 1 aliphatic heterocycles. The van der Waals surface area contributed by atoms with Crippen LogP contribution in [-0.2, 0) is 16.1 Å². The molecule has 21 heavy (non-hydrogen) atoms. The number of carbonyl (C=O) groups is 2. The molecule has 1 aliphatic rings. The van der Waals surface area contributed by atoms with E-state index in [9.17, 15) is 9.59 Å². The first-order valence-corrected chi connectivity index (χ1v) is 6.75. The van der Waals surface area contributed by atoms with Gasteiger partial charge in [-0.3, -0.25) is 9.59 Å². The van der Waals surface area contributed by atoms with E-state index >= 15 is 0 Å². The summed E-state index contributed by atoms with van der Waals surface area (Å²) in [5, 5.41) is 9.62. The molecule has 7 heteroatoms. The van der Waals surface area contributed by atoms with E-state index in [1.165, 1.54) is 0 Å². The van der Waals surface area contributed by atoms with Gasteiger partial charge in [-0.05, 0) is 18.6 Å². The van der Waals surface area contributed by atoms with Gasteiger partial charge >= 0.3 is 0 Å². The first-order chi connectivity index (χ1) is 10.2. The fourth-order valence-corrected chi connectivity index (χ4v) is 2.28. The molecule has 0 bridgehead atoms. The molecule has 3 rings (SSSR count). The number of hydrogen-bond donors (Lipinski definition) is 2. The van der Waals surface area contributed by atoms with Crippen LogP contribution in [0.25, 0.3) is 5.82 Å². The quantitative estimate of drug-likeness (QED) is 0.837. The van der Waals surface area contributed by atoms with Crippen LogP contribution >= 0.6 is 0 Å². The molecule has 3 heterocycles. The fraction of sp³-hybridized carbons (Fsp3) is 0.286. The minimum Gasteiger partial charge on any atom is -0.350 e. The van der Waals surface area contributed by atoms with Gasteiger partial charge in [0.05, 0.1) is 0 Å². The van der Waals surface area contributed by atoms with Crippen LogP contribution in [0.1, 0.15) is 18.4 Å². The first kappa shape index (κ1) is 13.3. The van der Waals surface area contributed by atoms with Crippen molar-refractivity contribution >= 4 is 11.8 Å². The summed E-state index contributed by atoms with van der Waals surface area (Å²) in [6.07, 6.45) is 6.10. The highest BCUT2D eigenvalue weighted by Crippen LogP contribution is 2.11. The Labute approximate surface area is 121 Å². The van der Waals surface area contributed by atoms with Crippen LogP contribution in [0.4, 0.5) is 0 Å². The first-order valence-electron chi connectivity index (χ1n) is 6.75. The Kier molecular flexibility index (Phi) is 3.63. The van der Waals surface area contributed by atoms with Gasteiger partial charge in [0.25, 0.3) is 0 Å². The molecule has 0 saturated carbocycles. The average molecular weight is 285 g/mol. The molecule has 2 aromatic heterocycles. The number of hydrogen-bond acceptors (Lipinski definition) is 4. The van der Waals surface area contributed by atoms with Gasteiger partial charge in [-0.25, -0.2) is 9.67 Å². The second kappa shape index (κ2) is 5.74. The summed E-state index contributed by atoms with van der Waals surface area (Å²) < 4.78 is 1.65. The van der Waals surface area contributed by atoms with Crippen molar-refractivity contribution in [1.29, 1.82) is 0 Å². The molecule has 1 fully saturated rings. The van der Waals surface area contributed by atoms with E-state index < -0.39 is 6.04 Å². The average Bonchev–Trinajstić information content (AvgIpc) is 3.16. The molecule has 2 amide bonds. The minimum atomic E-state index is -0.428. The maximum absolute atomic E-state index is 12.0. The Bertz CT molecular complexity index is 653. The lowest BCUT2D eigenvalue weighted by Crippen LogP contribution is -2.41. The highest BCUT2D eigenvalue weighted by molar-refractivity contribution is 5.90. The van der Waals surface area contributed by atoms with Gasteiger partial charge < -0.3 is 10.6 Å². The van der Waals surface area contributed by atoms with Crippen molar-refractivity contribution in [1.82, 2.24) is 25.4 Å². The SMILES string of the molecule is O=C1CC[C@H](C(=O)NCc2cccnc2-n2cccn2)N1. The topological polar surface area (TPSA) is 88.9 Å². The van der Waals surface area contributed by atoms with Crippen LogP contribution in [0.3, 0.4) is 0 Å². The lowest BCUT2D eigenvalue weighted by Gasteiger charge is -2.12. The Morgan fingerprint density at radius 3 is 3.05 bits per heavy atom. The number of carbonyl (C=O) groups excluding carboxylic acids is 2. The number of pyridine rings is 1. The summed E-state index contributed by atoms with van der Waals surface area (Å²) in [5.41, 5.74) is 0.860. The lowest BCUT2D eigenvalue weighted by molar-refractivity contribution is -0.125. The molecule has 1 saturated heterocycles. The van der Waals surface area contributed by atoms with Gasteiger partial charge in [-0.1, -0.05) is 6.07 Å². The summed E-state index contributed by atoms with van der Waals surface area (Å²) in [6.45, 7) is 0.342. The smallest absolute Gasteiger partial charge is 0.242 e. The zero-order valence-corrected chi connectivity index (χ0v) is 11.3. The van der Waals surface area contributed by atoms with E-state index in [-0.39, 0.29) is 11.8 Å². The van der Waals surface area contributed by atoms with E-state index in [0.29, 0.717) is 25.2 Å². The summed E-state index contributed by atoms with van der Waals surface area (Å²) >= 11 is 0. The van der Waals surface area contributed by atoms with E-state index in [0.717, 1.165) is 5.56 Å². The molecule has 0 aromatic carbocycles. The van der Waals surface area contributed by atoms with Gasteiger partial charge in [0.1, 0.15) is 6.04 Å². The van der Waals surface area contributed by atoms with Crippen LogP contribution in [0.2, 0.25) is 0 Å². The summed E-state index contributed by atoms with van der Waals surface area (Å²) in [4.78, 5) is 27.4. The number of aromatic nitrogens is 3. The van der Waals surface area contributed by atoms with Crippen LogP contribution in [-0.4, -0.2) is 32.6 Å². The number of nitrogens with zero attached hydrogens (tertiary/aromatic N) is 3. The van der Waals surface area contributed by atoms with Crippen LogP contribution in [0.15, 0.2) is 36.8 Å². The second-order valence-corrected chi connectivity index (χ2v) is 4.81. The molecule has 0 unspecified atom stereocenters. The molecule has 7 nitrogen and oxygen atoms in total. The van der Waals surface area contributed by atoms with Crippen LogP contribution in [0, 0.1) is 0 Å². The Hall–Kier alpha value is -2.70. The van der Waals surface area contributed by atoms with Gasteiger partial charge in [0.2, 0.25) is 11.8 Å². The zero-order valence-electron chi connectivity index (χ0n) is 11.3. The van der Waals surface area contributed by atoms with E-state index in [1.54, 1.807) is 23.3 Å². The number of nitrogens with one attached hydrogen (secondary N) is 2. The summed E-state index contributed by atoms with van der Waals surface area (Å²) in [7, 11) is 0. The van der Waals surface area contributed by atoms with Gasteiger partial charge in [0.15, 0.2) is 5.82 Å². The molecule has 0 radical (unpaired) electrons. The van der Waals surface area contributed by atoms with Crippen molar-refractivity contribution in [2.24, 2.45) is 0 Å². The Morgan fingerprint density at radius 1 is 1.43 bits per heavy atom. The molecule has 0 spiro atoms. The highest BCUT2D eigenvalue weighted by Gasteiger charge is 2.26. The van der Waals surface area contributed by atoms with Crippen molar-refractivity contribution in [3.63, 3.8) is 0 Å². The van der Waals surface area contributed by atoms with Crippen molar-refractivity contribution in [3.05, 3.63) is 42.4 Å². The van der Waals surface area contributed by atoms with E-state index in [1.807, 2.05) is 18.2 Å². The highest BCUT2D eigenvalue weighted by atomic mass is 16.2. The van der Waals surface area contributed by atoms with Crippen molar-refractivity contribution in [2.45, 2.75) is 25.4 Å². The molecule has 2 N–H and O–H groups in total. The Balaban J connectivity index is 1.68. The van der Waals surface area contributed by atoms with Crippen molar-refractivity contribution in [2.75, 3.05) is 0 Å². The zero-order chi connectivity index (χ0) is 14.7.